The van der Waals surface area contributed by atoms with E-state index in [-0.39, 0.29) is 10.9 Å². The number of aromatic hydroxyl groups is 1. The van der Waals surface area contributed by atoms with Crippen LogP contribution in [-0.2, 0) is 6.42 Å². The molecule has 0 saturated heterocycles. The summed E-state index contributed by atoms with van der Waals surface area (Å²) in [5.41, 5.74) is 3.33. The fourth-order valence-corrected chi connectivity index (χ4v) is 3.38. The van der Waals surface area contributed by atoms with Crippen LogP contribution < -0.4 is 20.7 Å². The number of methoxy groups -OCH3 is 1. The molecule has 172 valence electrons. The van der Waals surface area contributed by atoms with Crippen molar-refractivity contribution in [3.63, 3.8) is 0 Å². The van der Waals surface area contributed by atoms with Crippen molar-refractivity contribution in [3.8, 4) is 11.5 Å². The number of hydrogen-bond donors (Lipinski definition) is 4. The highest BCUT2D eigenvalue weighted by molar-refractivity contribution is 7.80. The third kappa shape index (κ3) is 7.58. The summed E-state index contributed by atoms with van der Waals surface area (Å²) in [7, 11) is 1.57. The molecule has 0 saturated carbocycles. The van der Waals surface area contributed by atoms with Gasteiger partial charge in [0.2, 0.25) is 11.9 Å². The molecule has 0 aliphatic heterocycles. The maximum absolute atomic E-state index is 9.45. The average molecular weight is 485 g/mol. The lowest BCUT2D eigenvalue weighted by molar-refractivity contribution is 0.417. The molecule has 3 aromatic rings. The molecule has 1 heterocycles. The van der Waals surface area contributed by atoms with Gasteiger partial charge in [-0.1, -0.05) is 23.7 Å². The first kappa shape index (κ1) is 24.2. The highest BCUT2D eigenvalue weighted by Gasteiger charge is 2.10. The third-order valence-corrected chi connectivity index (χ3v) is 4.90. The molecule has 0 unspecified atom stereocenters. The molecular weight excluding hydrogens is 460 g/mol. The van der Waals surface area contributed by atoms with E-state index in [9.17, 15) is 5.11 Å². The van der Waals surface area contributed by atoms with Crippen LogP contribution in [0.4, 0.5) is 11.6 Å². The molecule has 0 aliphatic carbocycles. The number of aromatic nitrogens is 2. The van der Waals surface area contributed by atoms with Gasteiger partial charge in [-0.15, -0.1) is 0 Å². The molecular formula is C23H25ClN6O2S. The highest BCUT2D eigenvalue weighted by atomic mass is 35.5. The van der Waals surface area contributed by atoms with E-state index in [1.54, 1.807) is 37.4 Å². The molecule has 10 heteroatoms. The minimum Gasteiger partial charge on any atom is -0.508 e. The number of phenolic OH excluding ortho intramolecular Hbond substituents is 1. The van der Waals surface area contributed by atoms with Crippen molar-refractivity contribution in [3.05, 3.63) is 70.5 Å². The summed E-state index contributed by atoms with van der Waals surface area (Å²) >= 11 is 11.6. The van der Waals surface area contributed by atoms with Crippen LogP contribution in [-0.4, -0.2) is 39.8 Å². The Bertz CT molecular complexity index is 1130. The van der Waals surface area contributed by atoms with Gasteiger partial charge in [0.1, 0.15) is 11.5 Å². The Kier molecular flexibility index (Phi) is 8.39. The van der Waals surface area contributed by atoms with Gasteiger partial charge >= 0.3 is 0 Å². The Hall–Kier alpha value is -3.43. The molecule has 3 rings (SSSR count). The van der Waals surface area contributed by atoms with Crippen molar-refractivity contribution in [2.45, 2.75) is 20.3 Å². The predicted molar refractivity (Wildman–Crippen MR) is 137 cm³/mol. The Labute approximate surface area is 203 Å². The van der Waals surface area contributed by atoms with Crippen LogP contribution in [0.5, 0.6) is 11.5 Å². The zero-order valence-electron chi connectivity index (χ0n) is 18.5. The van der Waals surface area contributed by atoms with Gasteiger partial charge in [0.15, 0.2) is 5.11 Å². The number of hydrogen-bond acceptors (Lipinski definition) is 6. The van der Waals surface area contributed by atoms with E-state index in [0.717, 1.165) is 17.0 Å². The lowest BCUT2D eigenvalue weighted by Crippen LogP contribution is -2.39. The topological polar surface area (TPSA) is 104 Å². The van der Waals surface area contributed by atoms with Gasteiger partial charge in [0.25, 0.3) is 0 Å². The summed E-state index contributed by atoms with van der Waals surface area (Å²) in [6.45, 7) is 4.26. The van der Waals surface area contributed by atoms with Crippen LogP contribution in [0.2, 0.25) is 5.02 Å². The molecule has 1 aromatic heterocycles. The lowest BCUT2D eigenvalue weighted by Gasteiger charge is -2.16. The first-order valence-corrected chi connectivity index (χ1v) is 10.9. The number of rotatable bonds is 6. The molecule has 0 atom stereocenters. The quantitative estimate of drug-likeness (QED) is 0.231. The molecule has 0 aliphatic rings. The van der Waals surface area contributed by atoms with Crippen LogP contribution in [0, 0.1) is 13.8 Å². The zero-order valence-corrected chi connectivity index (χ0v) is 20.1. The maximum atomic E-state index is 9.45. The van der Waals surface area contributed by atoms with E-state index in [4.69, 9.17) is 28.6 Å². The summed E-state index contributed by atoms with van der Waals surface area (Å²) in [6.07, 6.45) is 0.670. The number of phenols is 1. The van der Waals surface area contributed by atoms with Gasteiger partial charge in [-0.2, -0.15) is 0 Å². The number of ether oxygens (including phenoxy) is 1. The molecule has 0 spiro atoms. The van der Waals surface area contributed by atoms with Gasteiger partial charge in [0.05, 0.1) is 12.8 Å². The number of anilines is 2. The zero-order chi connectivity index (χ0) is 23.8. The number of aryl methyl sites for hydroxylation is 2. The number of aliphatic imine (C=N–C) groups is 1. The van der Waals surface area contributed by atoms with E-state index in [1.807, 2.05) is 32.0 Å². The van der Waals surface area contributed by atoms with E-state index >= 15 is 0 Å². The molecule has 2 aromatic carbocycles. The average Bonchev–Trinajstić information content (AvgIpc) is 2.74. The Balaban J connectivity index is 1.75. The Morgan fingerprint density at radius 1 is 1.06 bits per heavy atom. The second-order valence-electron chi connectivity index (χ2n) is 7.17. The predicted octanol–water partition coefficient (Wildman–Crippen LogP) is 4.46. The number of nitrogens with one attached hydrogen (secondary N) is 3. The fraction of sp³-hybridized carbons (Fsp3) is 0.217. The first-order valence-electron chi connectivity index (χ1n) is 10.2. The van der Waals surface area contributed by atoms with Gasteiger partial charge < -0.3 is 20.5 Å². The van der Waals surface area contributed by atoms with Crippen molar-refractivity contribution < 1.29 is 9.84 Å². The van der Waals surface area contributed by atoms with Crippen LogP contribution in [0.15, 0.2) is 53.5 Å². The molecule has 0 amide bonds. The number of guanidine groups is 1. The normalized spacial score (nSPS) is 11.1. The summed E-state index contributed by atoms with van der Waals surface area (Å²) in [6, 6.07) is 14.1. The summed E-state index contributed by atoms with van der Waals surface area (Å²) in [4.78, 5) is 13.4. The van der Waals surface area contributed by atoms with Crippen LogP contribution in [0.25, 0.3) is 0 Å². The van der Waals surface area contributed by atoms with E-state index in [0.29, 0.717) is 41.3 Å². The Morgan fingerprint density at radius 2 is 1.76 bits per heavy atom. The molecule has 0 bridgehead atoms. The Morgan fingerprint density at radius 3 is 2.42 bits per heavy atom. The fourth-order valence-electron chi connectivity index (χ4n) is 3.00. The monoisotopic (exact) mass is 484 g/mol. The van der Waals surface area contributed by atoms with Crippen LogP contribution >= 0.6 is 23.8 Å². The largest absolute Gasteiger partial charge is 0.508 e. The number of benzene rings is 2. The minimum absolute atomic E-state index is 0.228. The molecule has 0 radical (unpaired) electrons. The number of halogens is 1. The maximum Gasteiger partial charge on any atom is 0.229 e. The van der Waals surface area contributed by atoms with Crippen LogP contribution in [0.3, 0.4) is 0 Å². The van der Waals surface area contributed by atoms with Crippen molar-refractivity contribution in [1.82, 2.24) is 15.3 Å². The number of thiocarbonyl (C=S) groups is 1. The second kappa shape index (κ2) is 11.4. The summed E-state index contributed by atoms with van der Waals surface area (Å²) in [5.74, 6) is 1.62. The van der Waals surface area contributed by atoms with E-state index < -0.39 is 0 Å². The first-order chi connectivity index (χ1) is 15.8. The van der Waals surface area contributed by atoms with Crippen LogP contribution in [0.1, 0.15) is 17.0 Å². The number of nitrogens with zero attached hydrogens (tertiary/aromatic N) is 3. The standard InChI is InChI=1S/C23H25ClN6O2S/c1-14-12-15(2)27-22(26-14)29-21(25-11-10-16-4-7-18(31)8-5-16)30-23(33)28-19-13-17(24)6-9-20(19)32-3/h4-9,12-13,31H,10-11H2,1-3H3,(H3,25,26,27,28,29,30,33). The van der Waals surface area contributed by atoms with Crippen molar-refractivity contribution in [2.75, 3.05) is 24.3 Å². The SMILES string of the molecule is COc1ccc(Cl)cc1NC(=S)NC(=NCCc1ccc(O)cc1)Nc1nc(C)cc(C)n1. The smallest absolute Gasteiger partial charge is 0.229 e. The van der Waals surface area contributed by atoms with Gasteiger partial charge in [-0.25, -0.2) is 9.97 Å². The van der Waals surface area contributed by atoms with Gasteiger partial charge in [-0.05, 0) is 74.4 Å². The van der Waals surface area contributed by atoms with E-state index in [1.165, 1.54) is 0 Å². The van der Waals surface area contributed by atoms with Crippen molar-refractivity contribution in [2.24, 2.45) is 4.99 Å². The highest BCUT2D eigenvalue weighted by Crippen LogP contribution is 2.27. The van der Waals surface area contributed by atoms with Crippen molar-refractivity contribution >= 4 is 46.5 Å². The van der Waals surface area contributed by atoms with Gasteiger partial charge in [0, 0.05) is 23.0 Å². The third-order valence-electron chi connectivity index (χ3n) is 4.46. The minimum atomic E-state index is 0.228. The lowest BCUT2D eigenvalue weighted by atomic mass is 10.1. The van der Waals surface area contributed by atoms with Crippen molar-refractivity contribution in [1.29, 1.82) is 0 Å². The molecule has 0 fully saturated rings. The van der Waals surface area contributed by atoms with E-state index in [2.05, 4.69) is 30.9 Å². The van der Waals surface area contributed by atoms with Gasteiger partial charge in [-0.3, -0.25) is 10.3 Å². The molecule has 4 N–H and O–H groups in total. The second-order valence-corrected chi connectivity index (χ2v) is 8.01. The summed E-state index contributed by atoms with van der Waals surface area (Å²) < 4.78 is 5.36. The molecule has 33 heavy (non-hydrogen) atoms. The summed E-state index contributed by atoms with van der Waals surface area (Å²) in [5, 5.41) is 19.5. The molecule has 8 nitrogen and oxygen atoms in total.